The molecule has 0 amide bonds. The highest BCUT2D eigenvalue weighted by Gasteiger charge is 2.13. The van der Waals surface area contributed by atoms with E-state index >= 15 is 0 Å². The van der Waals surface area contributed by atoms with Crippen molar-refractivity contribution in [1.29, 1.82) is 0 Å². The molecule has 2 aromatic rings. The van der Waals surface area contributed by atoms with Crippen molar-refractivity contribution in [2.75, 3.05) is 12.4 Å². The van der Waals surface area contributed by atoms with Crippen LogP contribution in [0.15, 0.2) is 16.7 Å². The van der Waals surface area contributed by atoms with Gasteiger partial charge in [-0.1, -0.05) is 0 Å². The van der Waals surface area contributed by atoms with Gasteiger partial charge in [0.15, 0.2) is 11.6 Å². The van der Waals surface area contributed by atoms with E-state index in [0.29, 0.717) is 5.82 Å². The molecular weight excluding hydrogens is 317 g/mol. The van der Waals surface area contributed by atoms with Gasteiger partial charge in [-0.2, -0.15) is 0 Å². The Kier molecular flexibility index (Phi) is 3.13. The van der Waals surface area contributed by atoms with Crippen molar-refractivity contribution in [2.24, 2.45) is 0 Å². The number of hydrogen-bond acceptors (Lipinski definition) is 4. The molecule has 0 radical (unpaired) electrons. The number of aromatic nitrogens is 2. The maximum Gasteiger partial charge on any atom is 0.198 e. The van der Waals surface area contributed by atoms with Crippen molar-refractivity contribution in [3.8, 4) is 11.6 Å². The van der Waals surface area contributed by atoms with Crippen molar-refractivity contribution >= 4 is 28.4 Å². The molecular formula is C11H12IN3O. The van der Waals surface area contributed by atoms with E-state index < -0.39 is 0 Å². The van der Waals surface area contributed by atoms with Crippen molar-refractivity contribution in [3.63, 3.8) is 0 Å². The molecule has 0 fully saturated rings. The number of nitrogens with one attached hydrogen (secondary N) is 1. The molecule has 16 heavy (non-hydrogen) atoms. The number of halogens is 1. The Balaban J connectivity index is 2.59. The SMILES string of the molecule is CNc1nc(-c2occc2C)nc(C)c1I. The number of aryl methyl sites for hydroxylation is 2. The zero-order valence-corrected chi connectivity index (χ0v) is 11.5. The van der Waals surface area contributed by atoms with Crippen LogP contribution in [0.3, 0.4) is 0 Å². The molecule has 2 aromatic heterocycles. The first-order chi connectivity index (χ1) is 7.63. The lowest BCUT2D eigenvalue weighted by Crippen LogP contribution is -2.02. The summed E-state index contributed by atoms with van der Waals surface area (Å²) in [6.07, 6.45) is 1.65. The Bertz CT molecular complexity index is 522. The first-order valence-corrected chi connectivity index (χ1v) is 5.97. The molecule has 0 aliphatic carbocycles. The van der Waals surface area contributed by atoms with E-state index in [-0.39, 0.29) is 0 Å². The molecule has 0 aliphatic rings. The highest BCUT2D eigenvalue weighted by molar-refractivity contribution is 14.1. The number of rotatable bonds is 2. The van der Waals surface area contributed by atoms with Crippen LogP contribution in [0.25, 0.3) is 11.6 Å². The summed E-state index contributed by atoms with van der Waals surface area (Å²) >= 11 is 2.23. The van der Waals surface area contributed by atoms with Gasteiger partial charge >= 0.3 is 0 Å². The maximum atomic E-state index is 5.39. The molecule has 4 nitrogen and oxygen atoms in total. The molecule has 0 atom stereocenters. The maximum absolute atomic E-state index is 5.39. The van der Waals surface area contributed by atoms with Crippen molar-refractivity contribution < 1.29 is 4.42 Å². The van der Waals surface area contributed by atoms with Gasteiger partial charge in [-0.25, -0.2) is 9.97 Å². The molecule has 5 heteroatoms. The van der Waals surface area contributed by atoms with E-state index in [1.165, 1.54) is 0 Å². The summed E-state index contributed by atoms with van der Waals surface area (Å²) in [7, 11) is 1.85. The van der Waals surface area contributed by atoms with Gasteiger partial charge in [-0.15, -0.1) is 0 Å². The van der Waals surface area contributed by atoms with Crippen LogP contribution in [0.4, 0.5) is 5.82 Å². The lowest BCUT2D eigenvalue weighted by Gasteiger charge is -2.07. The highest BCUT2D eigenvalue weighted by atomic mass is 127. The van der Waals surface area contributed by atoms with E-state index in [2.05, 4.69) is 37.9 Å². The fourth-order valence-corrected chi connectivity index (χ4v) is 1.94. The summed E-state index contributed by atoms with van der Waals surface area (Å²) in [5.41, 5.74) is 1.99. The Morgan fingerprint density at radius 1 is 1.31 bits per heavy atom. The fraction of sp³-hybridized carbons (Fsp3) is 0.273. The van der Waals surface area contributed by atoms with Crippen LogP contribution >= 0.6 is 22.6 Å². The molecule has 2 heterocycles. The van der Waals surface area contributed by atoms with Gasteiger partial charge in [0.2, 0.25) is 0 Å². The average Bonchev–Trinajstić information content (AvgIpc) is 2.68. The fourth-order valence-electron chi connectivity index (χ4n) is 1.43. The molecule has 1 N–H and O–H groups in total. The van der Waals surface area contributed by atoms with Crippen molar-refractivity contribution in [3.05, 3.63) is 27.2 Å². The quantitative estimate of drug-likeness (QED) is 0.861. The molecule has 0 bridgehead atoms. The third-order valence-corrected chi connectivity index (χ3v) is 3.61. The van der Waals surface area contributed by atoms with Crippen molar-refractivity contribution in [1.82, 2.24) is 9.97 Å². The predicted octanol–water partition coefficient (Wildman–Crippen LogP) is 3.00. The van der Waals surface area contributed by atoms with Crippen molar-refractivity contribution in [2.45, 2.75) is 13.8 Å². The molecule has 0 saturated carbocycles. The van der Waals surface area contributed by atoms with Crippen LogP contribution in [0.5, 0.6) is 0 Å². The van der Waals surface area contributed by atoms with E-state index in [1.54, 1.807) is 6.26 Å². The van der Waals surface area contributed by atoms with Gasteiger partial charge in [0.05, 0.1) is 15.5 Å². The lowest BCUT2D eigenvalue weighted by molar-refractivity contribution is 0.575. The standard InChI is InChI=1S/C11H12IN3O/c1-6-4-5-16-9(6)11-14-7(2)8(12)10(13-3)15-11/h4-5H,1-3H3,(H,13,14,15). The normalized spacial score (nSPS) is 10.5. The summed E-state index contributed by atoms with van der Waals surface area (Å²) < 4.78 is 6.42. The third-order valence-electron chi connectivity index (χ3n) is 2.32. The predicted molar refractivity (Wildman–Crippen MR) is 71.5 cm³/mol. The van der Waals surface area contributed by atoms with Crippen LogP contribution < -0.4 is 5.32 Å². The minimum Gasteiger partial charge on any atom is -0.461 e. The first-order valence-electron chi connectivity index (χ1n) is 4.90. The highest BCUT2D eigenvalue weighted by Crippen LogP contribution is 2.25. The number of anilines is 1. The van der Waals surface area contributed by atoms with E-state index in [4.69, 9.17) is 4.42 Å². The third kappa shape index (κ3) is 1.91. The zero-order chi connectivity index (χ0) is 11.7. The minimum atomic E-state index is 0.629. The van der Waals surface area contributed by atoms with Gasteiger partial charge in [-0.3, -0.25) is 0 Å². The minimum absolute atomic E-state index is 0.629. The summed E-state index contributed by atoms with van der Waals surface area (Å²) in [5, 5.41) is 3.06. The number of furan rings is 1. The van der Waals surface area contributed by atoms with Gasteiger partial charge in [0.25, 0.3) is 0 Å². The number of nitrogens with zero attached hydrogens (tertiary/aromatic N) is 2. The largest absolute Gasteiger partial charge is 0.461 e. The van der Waals surface area contributed by atoms with E-state index in [9.17, 15) is 0 Å². The summed E-state index contributed by atoms with van der Waals surface area (Å²) in [6.45, 7) is 3.95. The monoisotopic (exact) mass is 329 g/mol. The second-order valence-corrected chi connectivity index (χ2v) is 4.56. The van der Waals surface area contributed by atoms with Gasteiger partial charge in [0, 0.05) is 7.05 Å². The topological polar surface area (TPSA) is 51.0 Å². The first kappa shape index (κ1) is 11.4. The van der Waals surface area contributed by atoms with Crippen LogP contribution in [0.2, 0.25) is 0 Å². The van der Waals surface area contributed by atoms with Gasteiger partial charge < -0.3 is 9.73 Å². The second-order valence-electron chi connectivity index (χ2n) is 3.48. The summed E-state index contributed by atoms with van der Waals surface area (Å²) in [5.74, 6) is 2.19. The van der Waals surface area contributed by atoms with Crippen LogP contribution in [-0.4, -0.2) is 17.0 Å². The Labute approximate surface area is 108 Å². The molecule has 2 rings (SSSR count). The van der Waals surface area contributed by atoms with Gasteiger partial charge in [0.1, 0.15) is 5.82 Å². The summed E-state index contributed by atoms with van der Waals surface area (Å²) in [6, 6.07) is 1.91. The molecule has 0 spiro atoms. The Morgan fingerprint density at radius 3 is 2.62 bits per heavy atom. The average molecular weight is 329 g/mol. The van der Waals surface area contributed by atoms with Crippen LogP contribution in [0, 0.1) is 17.4 Å². The molecule has 84 valence electrons. The molecule has 0 unspecified atom stereocenters. The van der Waals surface area contributed by atoms with E-state index in [0.717, 1.165) is 26.4 Å². The number of hydrogen-bond donors (Lipinski definition) is 1. The Hall–Kier alpha value is -1.11. The molecule has 0 aliphatic heterocycles. The summed E-state index contributed by atoms with van der Waals surface area (Å²) in [4.78, 5) is 8.86. The molecule has 0 aromatic carbocycles. The van der Waals surface area contributed by atoms with E-state index in [1.807, 2.05) is 27.0 Å². The molecule has 0 saturated heterocycles. The zero-order valence-electron chi connectivity index (χ0n) is 9.34. The Morgan fingerprint density at radius 2 is 2.06 bits per heavy atom. The second kappa shape index (κ2) is 4.40. The van der Waals surface area contributed by atoms with Crippen LogP contribution in [0.1, 0.15) is 11.3 Å². The van der Waals surface area contributed by atoms with Crippen LogP contribution in [-0.2, 0) is 0 Å². The smallest absolute Gasteiger partial charge is 0.198 e. The van der Waals surface area contributed by atoms with Gasteiger partial charge in [-0.05, 0) is 48.1 Å². The lowest BCUT2D eigenvalue weighted by atomic mass is 10.2.